The van der Waals surface area contributed by atoms with Gasteiger partial charge < -0.3 is 14.2 Å². The van der Waals surface area contributed by atoms with Crippen LogP contribution in [0.2, 0.25) is 0 Å². The first-order valence-corrected chi connectivity index (χ1v) is 14.0. The Bertz CT molecular complexity index is 1030. The van der Waals surface area contributed by atoms with Gasteiger partial charge in [0.2, 0.25) is 0 Å². The molecule has 0 radical (unpaired) electrons. The highest BCUT2D eigenvalue weighted by molar-refractivity contribution is 7.99. The Balaban J connectivity index is 3.12. The smallest absolute Gasteiger partial charge is 0.336 e. The summed E-state index contributed by atoms with van der Waals surface area (Å²) in [5.74, 6) is -1.60. The summed E-state index contributed by atoms with van der Waals surface area (Å²) in [6.45, 7) is 3.51. The van der Waals surface area contributed by atoms with Crippen LogP contribution in [0, 0.1) is 0 Å². The van der Waals surface area contributed by atoms with Gasteiger partial charge in [-0.25, -0.2) is 28.1 Å². The van der Waals surface area contributed by atoms with E-state index in [1.165, 1.54) is 11.8 Å². The Morgan fingerprint density at radius 3 is 1.24 bits per heavy atom. The van der Waals surface area contributed by atoms with Gasteiger partial charge in [0, 0.05) is 15.7 Å². The Hall–Kier alpha value is -2.13. The second kappa shape index (κ2) is 16.7. The van der Waals surface area contributed by atoms with Crippen LogP contribution in [-0.4, -0.2) is 73.4 Å². The summed E-state index contributed by atoms with van der Waals surface area (Å²) in [7, 11) is 0. The zero-order valence-corrected chi connectivity index (χ0v) is 24.0. The second-order valence-electron chi connectivity index (χ2n) is 8.32. The molecule has 3 atom stereocenters. The molecule has 12 nitrogen and oxygen atoms in total. The largest absolute Gasteiger partial charge is 0.464 e. The molecule has 0 spiro atoms. The van der Waals surface area contributed by atoms with Crippen molar-refractivity contribution in [2.75, 3.05) is 26.1 Å². The van der Waals surface area contributed by atoms with Crippen molar-refractivity contribution < 1.29 is 28.6 Å². The summed E-state index contributed by atoms with van der Waals surface area (Å²) in [5.41, 5.74) is -2.84. The predicted octanol–water partition coefficient (Wildman–Crippen LogP) is 0.360. The number of carbonyl (C=O) groups excluding carboxylic acids is 3. The molecular weight excluding hydrogens is 546 g/mol. The number of carbonyl (C=O) groups is 3. The van der Waals surface area contributed by atoms with Crippen LogP contribution >= 0.6 is 37.0 Å². The summed E-state index contributed by atoms with van der Waals surface area (Å²) in [6, 6.07) is 0. The van der Waals surface area contributed by atoms with Crippen molar-refractivity contribution in [2.24, 2.45) is 0 Å². The number of aromatic nitrogens is 3. The molecule has 37 heavy (non-hydrogen) atoms. The average molecular weight is 582 g/mol. The van der Waals surface area contributed by atoms with Gasteiger partial charge >= 0.3 is 35.0 Å². The van der Waals surface area contributed by atoms with Crippen molar-refractivity contribution >= 4 is 54.9 Å². The quantitative estimate of drug-likeness (QED) is 0.159. The molecule has 15 heteroatoms. The minimum absolute atomic E-state index is 0.0378. The molecule has 3 unspecified atom stereocenters. The number of hydrogen-bond acceptors (Lipinski definition) is 12. The van der Waals surface area contributed by atoms with Crippen LogP contribution < -0.4 is 17.1 Å². The maximum atomic E-state index is 12.9. The van der Waals surface area contributed by atoms with E-state index in [9.17, 15) is 28.8 Å². The summed E-state index contributed by atoms with van der Waals surface area (Å²) in [5, 5.41) is -0.427. The topological polar surface area (TPSA) is 145 Å². The van der Waals surface area contributed by atoms with E-state index in [0.29, 0.717) is 0 Å². The molecule has 0 aliphatic rings. The van der Waals surface area contributed by atoms with E-state index in [2.05, 4.69) is 25.3 Å². The normalized spacial score (nSPS) is 13.5. The maximum Gasteiger partial charge on any atom is 0.336 e. The fourth-order valence-corrected chi connectivity index (χ4v) is 3.59. The van der Waals surface area contributed by atoms with Gasteiger partial charge in [-0.2, -0.15) is 37.0 Å². The number of hydrogen-bond donors (Lipinski definition) is 2. The van der Waals surface area contributed by atoms with Gasteiger partial charge in [0.1, 0.15) is 19.8 Å². The van der Waals surface area contributed by atoms with E-state index in [1.54, 1.807) is 13.8 Å². The molecule has 0 amide bonds. The van der Waals surface area contributed by atoms with Gasteiger partial charge in [-0.15, -0.1) is 0 Å². The molecule has 1 heterocycles. The van der Waals surface area contributed by atoms with Gasteiger partial charge in [-0.3, -0.25) is 14.4 Å². The van der Waals surface area contributed by atoms with Crippen molar-refractivity contribution in [3.63, 3.8) is 0 Å². The number of nitrogens with zero attached hydrogens (tertiary/aromatic N) is 3. The first kappa shape index (κ1) is 32.9. The highest BCUT2D eigenvalue weighted by Crippen LogP contribution is 2.10. The summed E-state index contributed by atoms with van der Waals surface area (Å²) in [4.78, 5) is 74.3. The van der Waals surface area contributed by atoms with Crippen molar-refractivity contribution in [2.45, 2.75) is 75.4 Å². The fourth-order valence-electron chi connectivity index (χ4n) is 2.99. The third-order valence-electron chi connectivity index (χ3n) is 4.90. The molecule has 0 bridgehead atoms. The Morgan fingerprint density at radius 1 is 0.676 bits per heavy atom. The molecule has 0 saturated heterocycles. The van der Waals surface area contributed by atoms with E-state index in [1.807, 2.05) is 13.2 Å². The Kier molecular flexibility index (Phi) is 14.8. The van der Waals surface area contributed by atoms with Crippen molar-refractivity contribution in [3.8, 4) is 0 Å². The van der Waals surface area contributed by atoms with E-state index in [0.717, 1.165) is 13.7 Å². The molecule has 0 N–H and O–H groups in total. The van der Waals surface area contributed by atoms with Gasteiger partial charge in [-0.05, 0) is 6.26 Å². The Labute approximate surface area is 229 Å². The minimum atomic E-state index is -0.950. The first-order chi connectivity index (χ1) is 17.4. The van der Waals surface area contributed by atoms with Crippen LogP contribution in [0.5, 0.6) is 0 Å². The number of ether oxygens (including phenoxy) is 3. The van der Waals surface area contributed by atoms with E-state index in [4.69, 9.17) is 14.2 Å². The lowest BCUT2D eigenvalue weighted by molar-refractivity contribution is -0.144. The summed E-state index contributed by atoms with van der Waals surface area (Å²) in [6.07, 6.45) is 2.10. The minimum Gasteiger partial charge on any atom is -0.464 e. The number of thioether (sulfide) groups is 1. The van der Waals surface area contributed by atoms with Crippen LogP contribution in [0.4, 0.5) is 0 Å². The molecule has 1 aromatic rings. The third-order valence-corrected chi connectivity index (χ3v) is 6.24. The lowest BCUT2D eigenvalue weighted by Crippen LogP contribution is -2.55. The molecular formula is C22H35N3O9S3. The van der Waals surface area contributed by atoms with Crippen LogP contribution in [0.15, 0.2) is 14.4 Å². The zero-order chi connectivity index (χ0) is 28.1. The first-order valence-electron chi connectivity index (χ1n) is 11.7. The second-order valence-corrected chi connectivity index (χ2v) is 11.4. The average Bonchev–Trinajstić information content (AvgIpc) is 2.79. The number of esters is 3. The van der Waals surface area contributed by atoms with Crippen LogP contribution in [-0.2, 0) is 48.2 Å². The molecule has 0 aromatic carbocycles. The van der Waals surface area contributed by atoms with Crippen molar-refractivity contribution in [1.29, 1.82) is 0 Å². The highest BCUT2D eigenvalue weighted by Gasteiger charge is 2.18. The summed E-state index contributed by atoms with van der Waals surface area (Å²) >= 11 is 9.71. The third kappa shape index (κ3) is 11.9. The lowest BCUT2D eigenvalue weighted by Gasteiger charge is -2.15. The molecule has 0 saturated carbocycles. The van der Waals surface area contributed by atoms with Gasteiger partial charge in [0.25, 0.3) is 0 Å². The number of thiol groups is 2. The van der Waals surface area contributed by atoms with E-state index in [-0.39, 0.29) is 74.5 Å². The highest BCUT2D eigenvalue weighted by atomic mass is 32.2. The van der Waals surface area contributed by atoms with Gasteiger partial charge in [0.05, 0.1) is 38.9 Å². The predicted molar refractivity (Wildman–Crippen MR) is 146 cm³/mol. The van der Waals surface area contributed by atoms with E-state index >= 15 is 0 Å². The monoisotopic (exact) mass is 581 g/mol. The lowest BCUT2D eigenvalue weighted by atomic mass is 10.3. The SMILES string of the molecule is CSC(C)CC(=O)OCCn1c(=O)n(CCOC(=O)CC(C)S)c(=O)n(CCOC(=O)CC(C)S)c1=O. The maximum absolute atomic E-state index is 12.9. The standard InChI is InChI=1S/C22H35N3O9S3/c1-14(35)11-17(26)32-8-5-23-20(29)24(6-9-33-18(27)12-15(2)36)22(31)25(21(23)30)7-10-34-19(28)13-16(3)37-4/h14-16,35-36H,5-13H2,1-4H3. The van der Waals surface area contributed by atoms with Crippen molar-refractivity contribution in [1.82, 2.24) is 13.7 Å². The molecule has 0 aliphatic carbocycles. The summed E-state index contributed by atoms with van der Waals surface area (Å²) < 4.78 is 17.5. The zero-order valence-electron chi connectivity index (χ0n) is 21.4. The van der Waals surface area contributed by atoms with Gasteiger partial charge in [0.15, 0.2) is 0 Å². The molecule has 1 rings (SSSR count). The van der Waals surface area contributed by atoms with Gasteiger partial charge in [-0.1, -0.05) is 20.8 Å². The van der Waals surface area contributed by atoms with E-state index < -0.39 is 35.0 Å². The van der Waals surface area contributed by atoms with Crippen molar-refractivity contribution in [3.05, 3.63) is 31.5 Å². The molecule has 0 fully saturated rings. The Morgan fingerprint density at radius 2 is 0.973 bits per heavy atom. The molecule has 1 aromatic heterocycles. The van der Waals surface area contributed by atoms with Crippen LogP contribution in [0.25, 0.3) is 0 Å². The fraction of sp³-hybridized carbons (Fsp3) is 0.727. The molecule has 210 valence electrons. The number of rotatable bonds is 16. The molecule has 0 aliphatic heterocycles. The van der Waals surface area contributed by atoms with Crippen LogP contribution in [0.1, 0.15) is 40.0 Å². The van der Waals surface area contributed by atoms with Crippen LogP contribution in [0.3, 0.4) is 0 Å².